The van der Waals surface area contributed by atoms with Gasteiger partial charge in [-0.15, -0.1) is 0 Å². The molecule has 7 nitrogen and oxygen atoms in total. The minimum atomic E-state index is -0.476. The number of nitrogens with zero attached hydrogens (tertiary/aromatic N) is 4. The number of hydrogen-bond acceptors (Lipinski definition) is 6. The number of rotatable bonds is 5. The molecule has 0 saturated carbocycles. The van der Waals surface area contributed by atoms with Gasteiger partial charge in [-0.05, 0) is 58.6 Å². The summed E-state index contributed by atoms with van der Waals surface area (Å²) in [5.41, 5.74) is 0.684. The van der Waals surface area contributed by atoms with Crippen molar-refractivity contribution in [2.45, 2.75) is 83.5 Å². The van der Waals surface area contributed by atoms with Crippen LogP contribution in [0, 0.1) is 0 Å². The summed E-state index contributed by atoms with van der Waals surface area (Å²) in [6.45, 7) is 8.19. The van der Waals surface area contributed by atoms with Gasteiger partial charge in [0.2, 0.25) is 5.89 Å². The van der Waals surface area contributed by atoms with Crippen molar-refractivity contribution >= 4 is 6.09 Å². The number of hydrogen-bond donors (Lipinski definition) is 0. The molecule has 2 atom stereocenters. The molecule has 7 heteroatoms. The van der Waals surface area contributed by atoms with Crippen LogP contribution in [-0.4, -0.2) is 56.8 Å². The summed E-state index contributed by atoms with van der Waals surface area (Å²) in [4.78, 5) is 21.8. The van der Waals surface area contributed by atoms with Gasteiger partial charge in [0.05, 0.1) is 19.0 Å². The highest BCUT2D eigenvalue weighted by atomic mass is 16.6. The van der Waals surface area contributed by atoms with Crippen LogP contribution >= 0.6 is 0 Å². The summed E-state index contributed by atoms with van der Waals surface area (Å²) < 4.78 is 11.2. The molecular formula is C24H34N4O3. The molecule has 0 bridgehead atoms. The van der Waals surface area contributed by atoms with Crippen LogP contribution in [0.25, 0.3) is 0 Å². The first-order chi connectivity index (χ1) is 14.9. The first kappa shape index (κ1) is 21.8. The lowest BCUT2D eigenvalue weighted by Crippen LogP contribution is -2.53. The minimum Gasteiger partial charge on any atom is -0.444 e. The Hall–Kier alpha value is -2.41. The maximum absolute atomic E-state index is 12.8. The molecule has 0 aliphatic carbocycles. The van der Waals surface area contributed by atoms with Crippen molar-refractivity contribution in [3.05, 3.63) is 47.6 Å². The smallest absolute Gasteiger partial charge is 0.410 e. The number of benzene rings is 1. The van der Waals surface area contributed by atoms with E-state index in [-0.39, 0.29) is 12.1 Å². The van der Waals surface area contributed by atoms with Crippen molar-refractivity contribution in [2.24, 2.45) is 0 Å². The van der Waals surface area contributed by atoms with Crippen LogP contribution < -0.4 is 0 Å². The number of carbonyl (C=O) groups excluding carboxylic acids is 1. The fourth-order valence-electron chi connectivity index (χ4n) is 4.77. The maximum Gasteiger partial charge on any atom is 0.410 e. The van der Waals surface area contributed by atoms with Gasteiger partial charge in [-0.1, -0.05) is 41.9 Å². The third-order valence-electron chi connectivity index (χ3n) is 6.09. The first-order valence-electron chi connectivity index (χ1n) is 11.5. The monoisotopic (exact) mass is 426 g/mol. The largest absolute Gasteiger partial charge is 0.444 e. The molecule has 0 spiro atoms. The number of piperidine rings is 1. The average molecular weight is 427 g/mol. The van der Waals surface area contributed by atoms with E-state index in [1.165, 1.54) is 6.42 Å². The lowest BCUT2D eigenvalue weighted by molar-refractivity contribution is 0.00600. The quantitative estimate of drug-likeness (QED) is 0.705. The molecule has 1 aromatic heterocycles. The second-order valence-electron chi connectivity index (χ2n) is 9.68. The van der Waals surface area contributed by atoms with Crippen LogP contribution in [0.3, 0.4) is 0 Å². The third kappa shape index (κ3) is 5.64. The predicted octanol–water partition coefficient (Wildman–Crippen LogP) is 4.41. The number of amides is 1. The molecule has 2 unspecified atom stereocenters. The van der Waals surface area contributed by atoms with E-state index in [0.29, 0.717) is 24.9 Å². The van der Waals surface area contributed by atoms with E-state index in [2.05, 4.69) is 27.2 Å². The summed E-state index contributed by atoms with van der Waals surface area (Å²) in [6, 6.07) is 10.7. The fraction of sp³-hybridized carbons (Fsp3) is 0.625. The molecule has 0 N–H and O–H groups in total. The first-order valence-corrected chi connectivity index (χ1v) is 11.5. The zero-order valence-corrected chi connectivity index (χ0v) is 18.9. The zero-order chi connectivity index (χ0) is 21.8. The van der Waals surface area contributed by atoms with Gasteiger partial charge in [-0.2, -0.15) is 4.98 Å². The Labute approximate surface area is 184 Å². The lowest BCUT2D eigenvalue weighted by atomic mass is 9.94. The molecule has 2 aliphatic heterocycles. The molecule has 2 aliphatic rings. The zero-order valence-electron chi connectivity index (χ0n) is 18.9. The van der Waals surface area contributed by atoms with Crippen molar-refractivity contribution in [3.63, 3.8) is 0 Å². The van der Waals surface area contributed by atoms with E-state index < -0.39 is 5.60 Å². The fourth-order valence-corrected chi connectivity index (χ4v) is 4.77. The normalized spacial score (nSPS) is 22.6. The molecular weight excluding hydrogens is 392 g/mol. The molecule has 4 rings (SSSR count). The topological polar surface area (TPSA) is 71.7 Å². The number of ether oxygens (including phenoxy) is 1. The highest BCUT2D eigenvalue weighted by Crippen LogP contribution is 2.31. The Balaban J connectivity index is 1.42. The van der Waals surface area contributed by atoms with Gasteiger partial charge < -0.3 is 14.2 Å². The second kappa shape index (κ2) is 9.39. The van der Waals surface area contributed by atoms with Crippen LogP contribution in [0.2, 0.25) is 0 Å². The van der Waals surface area contributed by atoms with Crippen molar-refractivity contribution < 1.29 is 14.1 Å². The summed E-state index contributed by atoms with van der Waals surface area (Å²) in [5, 5.41) is 4.24. The van der Waals surface area contributed by atoms with Crippen LogP contribution in [-0.2, 0) is 17.7 Å². The highest BCUT2D eigenvalue weighted by Gasteiger charge is 2.40. The third-order valence-corrected chi connectivity index (χ3v) is 6.09. The van der Waals surface area contributed by atoms with Crippen LogP contribution in [0.1, 0.15) is 70.2 Å². The molecule has 0 radical (unpaired) electrons. The van der Waals surface area contributed by atoms with E-state index in [1.54, 1.807) is 0 Å². The SMILES string of the molecule is CC(C)(C)OC(=O)N1CCCC1C1CCCCN1Cc1noc(Cc2ccccc2)n1. The van der Waals surface area contributed by atoms with Crippen molar-refractivity contribution in [2.75, 3.05) is 13.1 Å². The number of carbonyl (C=O) groups is 1. The van der Waals surface area contributed by atoms with Crippen molar-refractivity contribution in [3.8, 4) is 0 Å². The van der Waals surface area contributed by atoms with Gasteiger partial charge in [0.15, 0.2) is 5.82 Å². The summed E-state index contributed by atoms with van der Waals surface area (Å²) in [6.07, 6.45) is 5.93. The van der Waals surface area contributed by atoms with E-state index in [0.717, 1.165) is 50.2 Å². The molecule has 2 saturated heterocycles. The van der Waals surface area contributed by atoms with Crippen molar-refractivity contribution in [1.82, 2.24) is 19.9 Å². The Morgan fingerprint density at radius 1 is 1.10 bits per heavy atom. The van der Waals surface area contributed by atoms with Crippen LogP contribution in [0.4, 0.5) is 4.79 Å². The molecule has 1 aromatic carbocycles. The summed E-state index contributed by atoms with van der Waals surface area (Å²) in [5.74, 6) is 1.37. The summed E-state index contributed by atoms with van der Waals surface area (Å²) in [7, 11) is 0. The van der Waals surface area contributed by atoms with E-state index in [4.69, 9.17) is 9.26 Å². The molecule has 3 heterocycles. The van der Waals surface area contributed by atoms with Crippen molar-refractivity contribution in [1.29, 1.82) is 0 Å². The van der Waals surface area contributed by atoms with Gasteiger partial charge in [-0.3, -0.25) is 4.90 Å². The molecule has 2 aromatic rings. The van der Waals surface area contributed by atoms with Gasteiger partial charge in [0.25, 0.3) is 0 Å². The predicted molar refractivity (Wildman–Crippen MR) is 118 cm³/mol. The molecule has 2 fully saturated rings. The van der Waals surface area contributed by atoms with E-state index >= 15 is 0 Å². The van der Waals surface area contributed by atoms with Gasteiger partial charge in [0, 0.05) is 12.6 Å². The maximum atomic E-state index is 12.8. The Morgan fingerprint density at radius 2 is 1.87 bits per heavy atom. The standard InChI is InChI=1S/C24H34N4O3/c1-24(2,3)30-23(29)28-15-9-13-20(28)19-12-7-8-14-27(19)17-21-25-22(31-26-21)16-18-10-5-4-6-11-18/h4-6,10-11,19-20H,7-9,12-17H2,1-3H3. The van der Waals surface area contributed by atoms with Crippen LogP contribution in [0.15, 0.2) is 34.9 Å². The van der Waals surface area contributed by atoms with Gasteiger partial charge >= 0.3 is 6.09 Å². The Bertz CT molecular complexity index is 861. The Kier molecular flexibility index (Phi) is 6.60. The van der Waals surface area contributed by atoms with E-state index in [1.807, 2.05) is 43.9 Å². The second-order valence-corrected chi connectivity index (χ2v) is 9.68. The molecule has 168 valence electrons. The summed E-state index contributed by atoms with van der Waals surface area (Å²) >= 11 is 0. The minimum absolute atomic E-state index is 0.186. The average Bonchev–Trinajstić information content (AvgIpc) is 3.38. The number of aromatic nitrogens is 2. The van der Waals surface area contributed by atoms with Gasteiger partial charge in [0.1, 0.15) is 5.60 Å². The van der Waals surface area contributed by atoms with Gasteiger partial charge in [-0.25, -0.2) is 4.79 Å². The van der Waals surface area contributed by atoms with Crippen LogP contribution in [0.5, 0.6) is 0 Å². The highest BCUT2D eigenvalue weighted by molar-refractivity contribution is 5.69. The molecule has 1 amide bonds. The lowest BCUT2D eigenvalue weighted by Gasteiger charge is -2.41. The van der Waals surface area contributed by atoms with E-state index in [9.17, 15) is 4.79 Å². The molecule has 31 heavy (non-hydrogen) atoms. The number of likely N-dealkylation sites (tertiary alicyclic amines) is 2. The Morgan fingerprint density at radius 3 is 2.65 bits per heavy atom.